The van der Waals surface area contributed by atoms with Gasteiger partial charge in [-0.25, -0.2) is 0 Å². The monoisotopic (exact) mass is 506 g/mol. The van der Waals surface area contributed by atoms with Crippen LogP contribution in [0.5, 0.6) is 5.75 Å². The summed E-state index contributed by atoms with van der Waals surface area (Å²) in [6.45, 7) is 5.17. The number of hydrogen-bond donors (Lipinski definition) is 0. The van der Waals surface area contributed by atoms with Crippen LogP contribution >= 0.6 is 20.2 Å². The Balaban J connectivity index is 2.12. The topological polar surface area (TPSA) is 78.9 Å². The Bertz CT molecular complexity index is 857. The van der Waals surface area contributed by atoms with Crippen LogP contribution in [0.2, 0.25) is 0 Å². The standard InChI is InChI=1S/C19H23IO6S/c1-19(2,3)25-18(21)14-24-17-12-10-16(11-13-17)20(26-27(4,22)23)15-8-6-5-7-9-15/h5-13H,14H2,1-4H3. The quantitative estimate of drug-likeness (QED) is 0.420. The molecule has 0 saturated carbocycles. The molecule has 0 atom stereocenters. The first-order chi connectivity index (χ1) is 12.5. The van der Waals surface area contributed by atoms with Crippen molar-refractivity contribution in [2.24, 2.45) is 0 Å². The maximum atomic E-state index is 11.7. The summed E-state index contributed by atoms with van der Waals surface area (Å²) in [5.74, 6) is 0.0394. The summed E-state index contributed by atoms with van der Waals surface area (Å²) >= 11 is -2.61. The zero-order valence-electron chi connectivity index (χ0n) is 15.6. The van der Waals surface area contributed by atoms with E-state index in [1.54, 1.807) is 45.0 Å². The zero-order chi connectivity index (χ0) is 20.1. The summed E-state index contributed by atoms with van der Waals surface area (Å²) in [5.41, 5.74) is -0.567. The van der Waals surface area contributed by atoms with Crippen LogP contribution in [0, 0.1) is 7.14 Å². The first kappa shape index (κ1) is 21.6. The minimum atomic E-state index is -3.59. The van der Waals surface area contributed by atoms with E-state index >= 15 is 0 Å². The van der Waals surface area contributed by atoms with Crippen LogP contribution in [-0.2, 0) is 22.2 Å². The number of carbonyl (C=O) groups excluding carboxylic acids is 1. The third-order valence-corrected chi connectivity index (χ3v) is 9.99. The van der Waals surface area contributed by atoms with E-state index in [0.29, 0.717) is 5.75 Å². The van der Waals surface area contributed by atoms with Crippen molar-refractivity contribution in [1.29, 1.82) is 0 Å². The van der Waals surface area contributed by atoms with Crippen LogP contribution in [0.3, 0.4) is 0 Å². The molecule has 6 nitrogen and oxygen atoms in total. The number of esters is 1. The summed E-state index contributed by atoms with van der Waals surface area (Å²) in [4.78, 5) is 11.7. The van der Waals surface area contributed by atoms with Gasteiger partial charge in [-0.2, -0.15) is 0 Å². The molecule has 0 heterocycles. The number of carbonyl (C=O) groups is 1. The summed E-state index contributed by atoms with van der Waals surface area (Å²) in [7, 11) is -3.59. The Labute approximate surface area is 167 Å². The van der Waals surface area contributed by atoms with Crippen molar-refractivity contribution >= 4 is 36.3 Å². The molecule has 0 aliphatic heterocycles. The second-order valence-electron chi connectivity index (χ2n) is 6.64. The van der Waals surface area contributed by atoms with Crippen molar-refractivity contribution in [1.82, 2.24) is 0 Å². The predicted molar refractivity (Wildman–Crippen MR) is 112 cm³/mol. The van der Waals surface area contributed by atoms with Gasteiger partial charge >= 0.3 is 168 Å². The van der Waals surface area contributed by atoms with E-state index in [-0.39, 0.29) is 6.61 Å². The fourth-order valence-electron chi connectivity index (χ4n) is 2.00. The van der Waals surface area contributed by atoms with E-state index in [9.17, 15) is 13.2 Å². The van der Waals surface area contributed by atoms with Crippen molar-refractivity contribution in [3.8, 4) is 5.75 Å². The summed E-state index contributed by atoms with van der Waals surface area (Å²) in [6, 6.07) is 16.2. The van der Waals surface area contributed by atoms with Crippen LogP contribution in [0.25, 0.3) is 0 Å². The molecule has 0 amide bonds. The molecule has 0 fully saturated rings. The molecule has 0 aliphatic carbocycles. The molecule has 2 aromatic rings. The third kappa shape index (κ3) is 7.86. The Morgan fingerprint density at radius 3 is 2.04 bits per heavy atom. The van der Waals surface area contributed by atoms with E-state index in [0.717, 1.165) is 13.4 Å². The van der Waals surface area contributed by atoms with Crippen LogP contribution in [0.15, 0.2) is 54.6 Å². The molecule has 0 radical (unpaired) electrons. The summed E-state index contributed by atoms with van der Waals surface area (Å²) < 4.78 is 41.1. The molecule has 148 valence electrons. The van der Waals surface area contributed by atoms with Crippen molar-refractivity contribution in [2.45, 2.75) is 26.4 Å². The van der Waals surface area contributed by atoms with Gasteiger partial charge in [-0.05, 0) is 0 Å². The molecule has 0 spiro atoms. The van der Waals surface area contributed by atoms with Crippen LogP contribution in [0.1, 0.15) is 20.8 Å². The number of rotatable bonds is 7. The summed E-state index contributed by atoms with van der Waals surface area (Å²) in [5, 5.41) is 0. The van der Waals surface area contributed by atoms with Crippen LogP contribution in [0.4, 0.5) is 0 Å². The predicted octanol–water partition coefficient (Wildman–Crippen LogP) is 3.84. The molecular weight excluding hydrogens is 483 g/mol. The van der Waals surface area contributed by atoms with E-state index < -0.39 is 41.9 Å². The van der Waals surface area contributed by atoms with Crippen molar-refractivity contribution in [3.63, 3.8) is 0 Å². The molecule has 0 bridgehead atoms. The Kier molecular flexibility index (Phi) is 7.24. The second-order valence-corrected chi connectivity index (χ2v) is 13.2. The molecule has 0 aromatic heterocycles. The molecule has 27 heavy (non-hydrogen) atoms. The van der Waals surface area contributed by atoms with E-state index in [1.165, 1.54) is 0 Å². The maximum absolute atomic E-state index is 11.7. The van der Waals surface area contributed by atoms with E-state index in [2.05, 4.69) is 0 Å². The van der Waals surface area contributed by atoms with Crippen molar-refractivity contribution in [2.75, 3.05) is 12.9 Å². The molecule has 0 unspecified atom stereocenters. The molecule has 0 saturated heterocycles. The van der Waals surface area contributed by atoms with Gasteiger partial charge in [0.15, 0.2) is 0 Å². The number of ether oxygens (including phenoxy) is 2. The number of hydrogen-bond acceptors (Lipinski definition) is 6. The fraction of sp³-hybridized carbons (Fsp3) is 0.316. The van der Waals surface area contributed by atoms with Gasteiger partial charge in [0.2, 0.25) is 0 Å². The van der Waals surface area contributed by atoms with Gasteiger partial charge in [-0.15, -0.1) is 0 Å². The molecule has 0 aliphatic rings. The van der Waals surface area contributed by atoms with Gasteiger partial charge in [-0.1, -0.05) is 0 Å². The Morgan fingerprint density at radius 1 is 0.963 bits per heavy atom. The molecule has 0 N–H and O–H groups in total. The van der Waals surface area contributed by atoms with Crippen LogP contribution < -0.4 is 4.74 Å². The van der Waals surface area contributed by atoms with Gasteiger partial charge in [-0.3, -0.25) is 0 Å². The van der Waals surface area contributed by atoms with E-state index in [1.807, 2.05) is 30.3 Å². The first-order valence-electron chi connectivity index (χ1n) is 8.13. The SMILES string of the molecule is CC(C)(C)OC(=O)COc1ccc(I(OS(C)(=O)=O)c2ccccc2)cc1. The van der Waals surface area contributed by atoms with Gasteiger partial charge in [0.25, 0.3) is 0 Å². The van der Waals surface area contributed by atoms with Crippen molar-refractivity contribution in [3.05, 3.63) is 61.7 Å². The zero-order valence-corrected chi connectivity index (χ0v) is 18.6. The molecular formula is C19H23IO6S. The van der Waals surface area contributed by atoms with Gasteiger partial charge in [0.1, 0.15) is 0 Å². The summed E-state index contributed by atoms with van der Waals surface area (Å²) in [6.07, 6.45) is 1.05. The average Bonchev–Trinajstić information content (AvgIpc) is 2.57. The minimum absolute atomic E-state index is 0.197. The average molecular weight is 506 g/mol. The molecule has 2 rings (SSSR count). The van der Waals surface area contributed by atoms with Crippen molar-refractivity contribution < 1.29 is 25.2 Å². The second kappa shape index (κ2) is 9.03. The third-order valence-electron chi connectivity index (χ3n) is 2.90. The van der Waals surface area contributed by atoms with Gasteiger partial charge in [0, 0.05) is 0 Å². The fourth-order valence-corrected chi connectivity index (χ4v) is 8.38. The number of benzene rings is 2. The first-order valence-corrected chi connectivity index (χ1v) is 13.0. The molecule has 2 aromatic carbocycles. The Morgan fingerprint density at radius 2 is 1.52 bits per heavy atom. The van der Waals surface area contributed by atoms with Crippen LogP contribution in [-0.4, -0.2) is 32.9 Å². The van der Waals surface area contributed by atoms with Gasteiger partial charge < -0.3 is 0 Å². The normalized spacial score (nSPS) is 12.4. The molecule has 8 heteroatoms. The Hall–Kier alpha value is -1.65. The van der Waals surface area contributed by atoms with E-state index in [4.69, 9.17) is 12.0 Å². The van der Waals surface area contributed by atoms with Gasteiger partial charge in [0.05, 0.1) is 0 Å². The number of halogens is 1.